The third kappa shape index (κ3) is 2.02. The van der Waals surface area contributed by atoms with Gasteiger partial charge in [0.2, 0.25) is 0 Å². The van der Waals surface area contributed by atoms with E-state index in [0.717, 1.165) is 6.07 Å². The Morgan fingerprint density at radius 1 is 1.28 bits per heavy atom. The molecule has 1 aliphatic rings. The summed E-state index contributed by atoms with van der Waals surface area (Å²) in [5, 5.41) is 2.32. The molecule has 3 nitrogen and oxygen atoms in total. The summed E-state index contributed by atoms with van der Waals surface area (Å²) in [6.45, 7) is 3.33. The molecule has 1 aromatic carbocycles. The molecule has 1 amide bonds. The van der Waals surface area contributed by atoms with E-state index in [9.17, 15) is 18.0 Å². The van der Waals surface area contributed by atoms with Crippen LogP contribution < -0.4 is 5.32 Å². The van der Waals surface area contributed by atoms with Gasteiger partial charge < -0.3 is 10.1 Å². The van der Waals surface area contributed by atoms with Crippen molar-refractivity contribution < 1.29 is 22.7 Å². The van der Waals surface area contributed by atoms with E-state index in [1.807, 2.05) is 0 Å². The number of hydrogen-bond donors (Lipinski definition) is 1. The minimum Gasteiger partial charge on any atom is -0.449 e. The van der Waals surface area contributed by atoms with Crippen molar-refractivity contribution in [1.82, 2.24) is 5.32 Å². The first-order valence-electron chi connectivity index (χ1n) is 5.39. The van der Waals surface area contributed by atoms with E-state index >= 15 is 0 Å². The van der Waals surface area contributed by atoms with Crippen LogP contribution in [0.3, 0.4) is 0 Å². The third-order valence-corrected chi connectivity index (χ3v) is 2.99. The fourth-order valence-electron chi connectivity index (χ4n) is 1.96. The first-order valence-corrected chi connectivity index (χ1v) is 5.39. The van der Waals surface area contributed by atoms with Crippen molar-refractivity contribution in [1.29, 1.82) is 0 Å². The first kappa shape index (κ1) is 12.7. The van der Waals surface area contributed by atoms with Gasteiger partial charge in [0, 0.05) is 11.0 Å². The fourth-order valence-corrected chi connectivity index (χ4v) is 1.96. The molecular formula is C12H12F3NO2. The van der Waals surface area contributed by atoms with Gasteiger partial charge in [-0.15, -0.1) is 0 Å². The highest BCUT2D eigenvalue weighted by molar-refractivity contribution is 5.69. The number of carbonyl (C=O) groups is 1. The Balaban J connectivity index is 2.52. The maximum Gasteiger partial charge on any atom is 0.407 e. The van der Waals surface area contributed by atoms with Crippen LogP contribution in [0, 0.1) is 22.9 Å². The van der Waals surface area contributed by atoms with Gasteiger partial charge in [0.1, 0.15) is 12.4 Å². The molecule has 1 atom stereocenters. The smallest absolute Gasteiger partial charge is 0.407 e. The van der Waals surface area contributed by atoms with E-state index in [-0.39, 0.29) is 6.61 Å². The molecule has 1 saturated heterocycles. The summed E-state index contributed by atoms with van der Waals surface area (Å²) in [5.41, 5.74) is -1.22. The van der Waals surface area contributed by atoms with Gasteiger partial charge in [0.25, 0.3) is 0 Å². The zero-order valence-electron chi connectivity index (χ0n) is 9.89. The van der Waals surface area contributed by atoms with Gasteiger partial charge in [-0.1, -0.05) is 13.8 Å². The Labute approximate surface area is 102 Å². The van der Waals surface area contributed by atoms with Crippen molar-refractivity contribution in [3.8, 4) is 0 Å². The van der Waals surface area contributed by atoms with Crippen molar-refractivity contribution in [2.45, 2.75) is 19.9 Å². The summed E-state index contributed by atoms with van der Waals surface area (Å²) in [6, 6.07) is 0.572. The lowest BCUT2D eigenvalue weighted by Gasteiger charge is -2.38. The Kier molecular flexibility index (Phi) is 2.96. The van der Waals surface area contributed by atoms with Gasteiger partial charge in [-0.2, -0.15) is 0 Å². The molecule has 1 fully saturated rings. The van der Waals surface area contributed by atoms with E-state index in [4.69, 9.17) is 4.74 Å². The van der Waals surface area contributed by atoms with Crippen molar-refractivity contribution >= 4 is 6.09 Å². The van der Waals surface area contributed by atoms with Gasteiger partial charge in [0.15, 0.2) is 11.6 Å². The van der Waals surface area contributed by atoms with Crippen LogP contribution in [0.5, 0.6) is 0 Å². The zero-order chi connectivity index (χ0) is 13.5. The number of benzene rings is 1. The molecule has 1 N–H and O–H groups in total. The molecule has 0 radical (unpaired) electrons. The van der Waals surface area contributed by atoms with Crippen LogP contribution in [0.25, 0.3) is 0 Å². The lowest BCUT2D eigenvalue weighted by atomic mass is 9.80. The number of ether oxygens (including phenoxy) is 1. The second-order valence-corrected chi connectivity index (χ2v) is 4.90. The van der Waals surface area contributed by atoms with Crippen molar-refractivity contribution in [3.63, 3.8) is 0 Å². The Morgan fingerprint density at radius 3 is 2.56 bits per heavy atom. The van der Waals surface area contributed by atoms with Crippen LogP contribution >= 0.6 is 0 Å². The summed E-state index contributed by atoms with van der Waals surface area (Å²) in [5.74, 6) is -3.33. The Hall–Kier alpha value is -1.72. The van der Waals surface area contributed by atoms with Gasteiger partial charge in [0.05, 0.1) is 6.04 Å². The SMILES string of the molecule is CC1(C)COC(=O)N[C@H]1c1c(F)ccc(F)c1F. The van der Waals surface area contributed by atoms with Crippen LogP contribution in [0.2, 0.25) is 0 Å². The van der Waals surface area contributed by atoms with Crippen LogP contribution in [0.1, 0.15) is 25.5 Å². The number of carbonyl (C=O) groups excluding carboxylic acids is 1. The summed E-state index contributed by atoms with van der Waals surface area (Å²) >= 11 is 0. The van der Waals surface area contributed by atoms with Gasteiger partial charge in [-0.25, -0.2) is 18.0 Å². The lowest BCUT2D eigenvalue weighted by Crippen LogP contribution is -2.47. The number of rotatable bonds is 1. The highest BCUT2D eigenvalue weighted by Crippen LogP contribution is 2.38. The van der Waals surface area contributed by atoms with Crippen molar-refractivity contribution in [2.24, 2.45) is 5.41 Å². The molecule has 0 aliphatic carbocycles. The molecule has 18 heavy (non-hydrogen) atoms. The maximum atomic E-state index is 13.7. The highest BCUT2D eigenvalue weighted by Gasteiger charge is 2.41. The van der Waals surface area contributed by atoms with Crippen LogP contribution in [-0.4, -0.2) is 12.7 Å². The molecule has 6 heteroatoms. The molecule has 1 aliphatic heterocycles. The zero-order valence-corrected chi connectivity index (χ0v) is 9.89. The van der Waals surface area contributed by atoms with E-state index < -0.39 is 40.6 Å². The number of amides is 1. The number of nitrogens with one attached hydrogen (secondary N) is 1. The molecule has 0 bridgehead atoms. The monoisotopic (exact) mass is 259 g/mol. The maximum absolute atomic E-state index is 13.7. The number of alkyl carbamates (subject to hydrolysis) is 1. The Morgan fingerprint density at radius 2 is 1.89 bits per heavy atom. The largest absolute Gasteiger partial charge is 0.449 e. The molecule has 98 valence electrons. The minimum absolute atomic E-state index is 0.00110. The predicted molar refractivity (Wildman–Crippen MR) is 57.3 cm³/mol. The molecule has 0 aromatic heterocycles. The van der Waals surface area contributed by atoms with Gasteiger partial charge >= 0.3 is 6.09 Å². The Bertz CT molecular complexity index is 502. The number of cyclic esters (lactones) is 1. The lowest BCUT2D eigenvalue weighted by molar-refractivity contribution is 0.0365. The second kappa shape index (κ2) is 4.19. The van der Waals surface area contributed by atoms with Gasteiger partial charge in [-0.05, 0) is 12.1 Å². The normalized spacial score (nSPS) is 22.3. The second-order valence-electron chi connectivity index (χ2n) is 4.90. The summed E-state index contributed by atoms with van der Waals surface area (Å²) in [7, 11) is 0. The summed E-state index contributed by atoms with van der Waals surface area (Å²) < 4.78 is 45.3. The quantitative estimate of drug-likeness (QED) is 0.787. The van der Waals surface area contributed by atoms with E-state index in [1.165, 1.54) is 0 Å². The van der Waals surface area contributed by atoms with E-state index in [2.05, 4.69) is 5.32 Å². The molecule has 2 rings (SSSR count). The van der Waals surface area contributed by atoms with Gasteiger partial charge in [-0.3, -0.25) is 0 Å². The molecule has 1 aromatic rings. The average Bonchev–Trinajstić information content (AvgIpc) is 2.29. The molecule has 1 heterocycles. The number of halogens is 3. The van der Waals surface area contributed by atoms with E-state index in [0.29, 0.717) is 6.07 Å². The highest BCUT2D eigenvalue weighted by atomic mass is 19.2. The minimum atomic E-state index is -1.28. The first-order chi connectivity index (χ1) is 8.33. The summed E-state index contributed by atoms with van der Waals surface area (Å²) in [4.78, 5) is 11.2. The fraction of sp³-hybridized carbons (Fsp3) is 0.417. The molecule has 0 spiro atoms. The average molecular weight is 259 g/mol. The molecule has 0 saturated carbocycles. The van der Waals surface area contributed by atoms with Crippen LogP contribution in [-0.2, 0) is 4.74 Å². The van der Waals surface area contributed by atoms with Crippen LogP contribution in [0.15, 0.2) is 12.1 Å². The third-order valence-electron chi connectivity index (χ3n) is 2.99. The molecular weight excluding hydrogens is 247 g/mol. The predicted octanol–water partition coefficient (Wildman–Crippen LogP) is 2.91. The standard InChI is InChI=1S/C12H12F3NO2/c1-12(2)5-18-11(17)16-10(12)8-6(13)3-4-7(14)9(8)15/h3-4,10H,5H2,1-2H3,(H,16,17)/t10-/m0/s1. The van der Waals surface area contributed by atoms with Crippen molar-refractivity contribution in [3.05, 3.63) is 35.1 Å². The topological polar surface area (TPSA) is 38.3 Å². The van der Waals surface area contributed by atoms with E-state index in [1.54, 1.807) is 13.8 Å². The molecule has 0 unspecified atom stereocenters. The van der Waals surface area contributed by atoms with Crippen molar-refractivity contribution in [2.75, 3.05) is 6.61 Å². The number of hydrogen-bond acceptors (Lipinski definition) is 2. The summed E-state index contributed by atoms with van der Waals surface area (Å²) in [6.07, 6.45) is -0.776. The van der Waals surface area contributed by atoms with Crippen LogP contribution in [0.4, 0.5) is 18.0 Å².